The minimum atomic E-state index is -0.594. The molecule has 2 aliphatic rings. The lowest BCUT2D eigenvalue weighted by atomic mass is 9.64. The quantitative estimate of drug-likeness (QED) is 0.908. The summed E-state index contributed by atoms with van der Waals surface area (Å²) in [5, 5.41) is 2.96. The normalized spacial score (nSPS) is 33.2. The maximum atomic E-state index is 12.9. The number of Topliss-reactive ketones (excluding diaryl/α,β-unsaturated/α-hetero) is 1. The molecule has 0 saturated heterocycles. The van der Waals surface area contributed by atoms with Gasteiger partial charge in [-0.15, -0.1) is 0 Å². The van der Waals surface area contributed by atoms with Crippen LogP contribution in [-0.4, -0.2) is 16.7 Å². The van der Waals surface area contributed by atoms with Crippen LogP contribution >= 0.6 is 0 Å². The molecular formula is C17H22N2O2. The Bertz CT molecular complexity index is 637. The minimum Gasteiger partial charge on any atom is -0.310 e. The van der Waals surface area contributed by atoms with E-state index in [1.54, 1.807) is 6.20 Å². The molecule has 1 amide bonds. The van der Waals surface area contributed by atoms with E-state index in [0.717, 1.165) is 18.4 Å². The first-order valence-electron chi connectivity index (χ1n) is 7.51. The fourth-order valence-corrected chi connectivity index (χ4v) is 4.20. The van der Waals surface area contributed by atoms with Crippen molar-refractivity contribution >= 4 is 17.5 Å². The van der Waals surface area contributed by atoms with Crippen LogP contribution in [0.2, 0.25) is 0 Å². The van der Waals surface area contributed by atoms with Gasteiger partial charge in [-0.05, 0) is 36.8 Å². The maximum absolute atomic E-state index is 12.9. The van der Waals surface area contributed by atoms with Gasteiger partial charge in [-0.2, -0.15) is 0 Å². The smallest absolute Gasteiger partial charge is 0.232 e. The highest BCUT2D eigenvalue weighted by Gasteiger charge is 2.72. The fourth-order valence-electron chi connectivity index (χ4n) is 4.20. The van der Waals surface area contributed by atoms with Crippen molar-refractivity contribution < 1.29 is 9.59 Å². The van der Waals surface area contributed by atoms with Gasteiger partial charge in [0.15, 0.2) is 0 Å². The van der Waals surface area contributed by atoms with E-state index in [0.29, 0.717) is 12.2 Å². The van der Waals surface area contributed by atoms with Crippen molar-refractivity contribution in [2.24, 2.45) is 16.2 Å². The van der Waals surface area contributed by atoms with E-state index in [4.69, 9.17) is 0 Å². The van der Waals surface area contributed by atoms with Gasteiger partial charge in [-0.25, -0.2) is 4.98 Å². The van der Waals surface area contributed by atoms with Crippen LogP contribution in [-0.2, 0) is 9.59 Å². The van der Waals surface area contributed by atoms with Crippen LogP contribution in [0.3, 0.4) is 0 Å². The molecule has 2 aliphatic carbocycles. The predicted molar refractivity (Wildman–Crippen MR) is 80.8 cm³/mol. The second-order valence-electron chi connectivity index (χ2n) is 7.26. The average molecular weight is 286 g/mol. The molecule has 2 saturated carbocycles. The van der Waals surface area contributed by atoms with E-state index >= 15 is 0 Å². The summed E-state index contributed by atoms with van der Waals surface area (Å²) in [4.78, 5) is 29.6. The van der Waals surface area contributed by atoms with Gasteiger partial charge in [-0.1, -0.05) is 26.8 Å². The van der Waals surface area contributed by atoms with Crippen molar-refractivity contribution in [1.82, 2.24) is 4.98 Å². The zero-order valence-corrected chi connectivity index (χ0v) is 13.1. The highest BCUT2D eigenvalue weighted by Crippen LogP contribution is 2.70. The Morgan fingerprint density at radius 1 is 1.29 bits per heavy atom. The number of ketones is 1. The summed E-state index contributed by atoms with van der Waals surface area (Å²) in [6.45, 7) is 8.07. The van der Waals surface area contributed by atoms with Crippen molar-refractivity contribution in [2.45, 2.75) is 47.0 Å². The molecule has 4 nitrogen and oxygen atoms in total. The zero-order chi connectivity index (χ0) is 15.5. The first-order valence-corrected chi connectivity index (χ1v) is 7.51. The van der Waals surface area contributed by atoms with Gasteiger partial charge in [0, 0.05) is 18.0 Å². The zero-order valence-electron chi connectivity index (χ0n) is 13.1. The van der Waals surface area contributed by atoms with Crippen LogP contribution < -0.4 is 5.32 Å². The van der Waals surface area contributed by atoms with E-state index in [9.17, 15) is 9.59 Å². The fraction of sp³-hybridized carbons (Fsp3) is 0.588. The van der Waals surface area contributed by atoms with E-state index in [1.807, 2.05) is 26.0 Å². The van der Waals surface area contributed by atoms with Gasteiger partial charge >= 0.3 is 0 Å². The second-order valence-corrected chi connectivity index (χ2v) is 7.26. The molecule has 1 N–H and O–H groups in total. The number of amides is 1. The highest BCUT2D eigenvalue weighted by atomic mass is 16.2. The van der Waals surface area contributed by atoms with E-state index in [2.05, 4.69) is 24.1 Å². The molecule has 3 rings (SSSR count). The average Bonchev–Trinajstić information content (AvgIpc) is 2.72. The van der Waals surface area contributed by atoms with E-state index in [1.165, 1.54) is 0 Å². The highest BCUT2D eigenvalue weighted by molar-refractivity contribution is 6.04. The van der Waals surface area contributed by atoms with Gasteiger partial charge in [0.1, 0.15) is 11.6 Å². The molecule has 4 heteroatoms. The molecule has 0 radical (unpaired) electrons. The Labute approximate surface area is 125 Å². The summed E-state index contributed by atoms with van der Waals surface area (Å²) in [7, 11) is 0. The maximum Gasteiger partial charge on any atom is 0.232 e. The van der Waals surface area contributed by atoms with Crippen molar-refractivity contribution in [3.63, 3.8) is 0 Å². The topological polar surface area (TPSA) is 59.1 Å². The third-order valence-corrected chi connectivity index (χ3v) is 6.38. The standard InChI is InChI=1S/C17H22N2O2/c1-11-6-5-9-18-13(11)19-14(21)17-8-7-16(4,12(20)10-17)15(17,2)3/h5-6,9H,7-8,10H2,1-4H3,(H,18,19,21)/t16-,17+/m0/s1. The lowest BCUT2D eigenvalue weighted by molar-refractivity contribution is -0.131. The lowest BCUT2D eigenvalue weighted by Crippen LogP contribution is -2.43. The number of fused-ring (bicyclic) bond motifs is 2. The van der Waals surface area contributed by atoms with Crippen LogP contribution in [0.15, 0.2) is 18.3 Å². The monoisotopic (exact) mass is 286 g/mol. The van der Waals surface area contributed by atoms with E-state index in [-0.39, 0.29) is 22.5 Å². The number of carbonyl (C=O) groups is 2. The molecular weight excluding hydrogens is 264 g/mol. The number of hydrogen-bond acceptors (Lipinski definition) is 3. The lowest BCUT2D eigenvalue weighted by Gasteiger charge is -2.38. The molecule has 2 bridgehead atoms. The van der Waals surface area contributed by atoms with Crippen molar-refractivity contribution in [1.29, 1.82) is 0 Å². The molecule has 0 spiro atoms. The van der Waals surface area contributed by atoms with Gasteiger partial charge in [0.05, 0.1) is 5.41 Å². The number of aromatic nitrogens is 1. The third kappa shape index (κ3) is 1.59. The summed E-state index contributed by atoms with van der Waals surface area (Å²) < 4.78 is 0. The van der Waals surface area contributed by atoms with Gasteiger partial charge in [-0.3, -0.25) is 9.59 Å². The number of aryl methyl sites for hydroxylation is 1. The van der Waals surface area contributed by atoms with Crippen LogP contribution in [0.25, 0.3) is 0 Å². The summed E-state index contributed by atoms with van der Waals surface area (Å²) in [5.41, 5.74) is -0.346. The number of carbonyl (C=O) groups excluding carboxylic acids is 2. The number of pyridine rings is 1. The Balaban J connectivity index is 1.96. The van der Waals surface area contributed by atoms with Gasteiger partial charge in [0.2, 0.25) is 5.91 Å². The molecule has 2 atom stereocenters. The number of rotatable bonds is 2. The number of nitrogens with one attached hydrogen (secondary N) is 1. The van der Waals surface area contributed by atoms with Gasteiger partial charge < -0.3 is 5.32 Å². The molecule has 21 heavy (non-hydrogen) atoms. The number of nitrogens with zero attached hydrogens (tertiary/aromatic N) is 1. The molecule has 0 aliphatic heterocycles. The molecule has 1 heterocycles. The first-order chi connectivity index (χ1) is 9.74. The molecule has 1 aromatic heterocycles. The Hall–Kier alpha value is -1.71. The van der Waals surface area contributed by atoms with E-state index < -0.39 is 5.41 Å². The van der Waals surface area contributed by atoms with Crippen molar-refractivity contribution in [3.8, 4) is 0 Å². The molecule has 0 aromatic carbocycles. The number of anilines is 1. The number of hydrogen-bond donors (Lipinski definition) is 1. The molecule has 1 aromatic rings. The summed E-state index contributed by atoms with van der Waals surface area (Å²) in [6.07, 6.45) is 3.60. The third-order valence-electron chi connectivity index (χ3n) is 6.38. The summed E-state index contributed by atoms with van der Waals surface area (Å²) in [6, 6.07) is 3.77. The van der Waals surface area contributed by atoms with Crippen molar-refractivity contribution in [3.05, 3.63) is 23.9 Å². The Kier molecular flexibility index (Phi) is 2.81. The Morgan fingerprint density at radius 3 is 2.52 bits per heavy atom. The van der Waals surface area contributed by atoms with Crippen LogP contribution in [0.1, 0.15) is 45.6 Å². The first kappa shape index (κ1) is 14.2. The van der Waals surface area contributed by atoms with Gasteiger partial charge in [0.25, 0.3) is 0 Å². The predicted octanol–water partition coefficient (Wildman–Crippen LogP) is 3.11. The minimum absolute atomic E-state index is 0.0520. The van der Waals surface area contributed by atoms with Crippen LogP contribution in [0.4, 0.5) is 5.82 Å². The SMILES string of the molecule is Cc1cccnc1NC(=O)[C@@]12CC[C@@](C)(C(=O)C1)C2(C)C. The Morgan fingerprint density at radius 2 is 2.00 bits per heavy atom. The molecule has 2 fully saturated rings. The summed E-state index contributed by atoms with van der Waals surface area (Å²) >= 11 is 0. The van der Waals surface area contributed by atoms with Crippen molar-refractivity contribution in [2.75, 3.05) is 5.32 Å². The molecule has 112 valence electrons. The van der Waals surface area contributed by atoms with Crippen LogP contribution in [0.5, 0.6) is 0 Å². The van der Waals surface area contributed by atoms with Crippen LogP contribution in [0, 0.1) is 23.2 Å². The summed E-state index contributed by atoms with van der Waals surface area (Å²) in [5.74, 6) is 0.774. The second kappa shape index (κ2) is 4.15. The molecule has 0 unspecified atom stereocenters. The largest absolute Gasteiger partial charge is 0.310 e.